The van der Waals surface area contributed by atoms with E-state index in [4.69, 9.17) is 4.74 Å². The first-order valence-electron chi connectivity index (χ1n) is 8.93. The summed E-state index contributed by atoms with van der Waals surface area (Å²) in [6, 6.07) is 12.5. The largest absolute Gasteiger partial charge is 0.497 e. The van der Waals surface area contributed by atoms with Gasteiger partial charge >= 0.3 is 0 Å². The zero-order valence-electron chi connectivity index (χ0n) is 14.7. The quantitative estimate of drug-likeness (QED) is 0.783. The molecule has 1 aromatic heterocycles. The lowest BCUT2D eigenvalue weighted by Crippen LogP contribution is -2.36. The number of carbonyl (C=O) groups is 1. The lowest BCUT2D eigenvalue weighted by Gasteiger charge is -2.28. The maximum atomic E-state index is 12.3. The highest BCUT2D eigenvalue weighted by Crippen LogP contribution is 2.27. The zero-order valence-corrected chi connectivity index (χ0v) is 15.6. The Morgan fingerprint density at radius 1 is 1.28 bits per heavy atom. The number of rotatable bonds is 8. The number of hydrogen-bond donors (Lipinski definition) is 1. The molecule has 2 aromatic rings. The minimum Gasteiger partial charge on any atom is -0.497 e. The summed E-state index contributed by atoms with van der Waals surface area (Å²) in [5.41, 5.74) is 1.21. The Balaban J connectivity index is 1.60. The molecule has 1 N–H and O–H groups in total. The number of methoxy groups -OCH3 is 1. The van der Waals surface area contributed by atoms with Gasteiger partial charge in [-0.1, -0.05) is 18.2 Å². The molecule has 1 aromatic carbocycles. The minimum atomic E-state index is 0.125. The summed E-state index contributed by atoms with van der Waals surface area (Å²) in [5, 5.41) is 5.20. The maximum absolute atomic E-state index is 12.3. The second kappa shape index (κ2) is 9.02. The highest BCUT2D eigenvalue weighted by molar-refractivity contribution is 7.09. The molecule has 1 unspecified atom stereocenters. The zero-order chi connectivity index (χ0) is 17.5. The summed E-state index contributed by atoms with van der Waals surface area (Å²) in [7, 11) is 1.69. The van der Waals surface area contributed by atoms with Crippen LogP contribution in [0.4, 0.5) is 0 Å². The van der Waals surface area contributed by atoms with Gasteiger partial charge in [0.15, 0.2) is 0 Å². The van der Waals surface area contributed by atoms with Crippen molar-refractivity contribution in [2.75, 3.05) is 26.7 Å². The Labute approximate surface area is 153 Å². The molecule has 1 aliphatic heterocycles. The van der Waals surface area contributed by atoms with Gasteiger partial charge in [-0.3, -0.25) is 9.69 Å². The van der Waals surface area contributed by atoms with E-state index in [9.17, 15) is 4.79 Å². The average molecular weight is 359 g/mol. The van der Waals surface area contributed by atoms with Crippen LogP contribution in [0.2, 0.25) is 0 Å². The van der Waals surface area contributed by atoms with E-state index in [0.717, 1.165) is 25.3 Å². The SMILES string of the molecule is COc1cccc(C(CNC(=O)CCc2cccs2)N2CCCC2)c1. The van der Waals surface area contributed by atoms with E-state index in [1.807, 2.05) is 18.2 Å². The van der Waals surface area contributed by atoms with Crippen molar-refractivity contribution in [3.8, 4) is 5.75 Å². The molecular weight excluding hydrogens is 332 g/mol. The third-order valence-corrected chi connectivity index (χ3v) is 5.67. The Kier molecular flexibility index (Phi) is 6.48. The molecule has 1 saturated heterocycles. The number of amides is 1. The number of carbonyl (C=O) groups excluding carboxylic acids is 1. The second-order valence-corrected chi connectivity index (χ2v) is 7.45. The fourth-order valence-electron chi connectivity index (χ4n) is 3.35. The molecule has 5 heteroatoms. The van der Waals surface area contributed by atoms with Gasteiger partial charge in [-0.2, -0.15) is 0 Å². The first kappa shape index (κ1) is 18.0. The van der Waals surface area contributed by atoms with Gasteiger partial charge in [0.25, 0.3) is 0 Å². The summed E-state index contributed by atoms with van der Waals surface area (Å²) in [6.07, 6.45) is 3.82. The molecular formula is C20H26N2O2S. The predicted molar refractivity (Wildman–Crippen MR) is 102 cm³/mol. The van der Waals surface area contributed by atoms with Gasteiger partial charge in [-0.05, 0) is 61.5 Å². The van der Waals surface area contributed by atoms with Crippen LogP contribution in [0.3, 0.4) is 0 Å². The van der Waals surface area contributed by atoms with E-state index in [-0.39, 0.29) is 11.9 Å². The summed E-state index contributed by atoms with van der Waals surface area (Å²) in [5.74, 6) is 0.992. The molecule has 1 fully saturated rings. The van der Waals surface area contributed by atoms with Crippen molar-refractivity contribution in [2.45, 2.75) is 31.7 Å². The number of aryl methyl sites for hydroxylation is 1. The summed E-state index contributed by atoms with van der Waals surface area (Å²) < 4.78 is 5.37. The third kappa shape index (κ3) is 5.06. The molecule has 0 aliphatic carbocycles. The fourth-order valence-corrected chi connectivity index (χ4v) is 4.06. The number of likely N-dealkylation sites (tertiary alicyclic amines) is 1. The smallest absolute Gasteiger partial charge is 0.220 e. The Morgan fingerprint density at radius 2 is 2.12 bits per heavy atom. The van der Waals surface area contributed by atoms with Crippen LogP contribution in [0, 0.1) is 0 Å². The van der Waals surface area contributed by atoms with Crippen LogP contribution in [0.15, 0.2) is 41.8 Å². The summed E-state index contributed by atoms with van der Waals surface area (Å²) in [6.45, 7) is 2.83. The molecule has 0 bridgehead atoms. The van der Waals surface area contributed by atoms with Crippen LogP contribution in [0.5, 0.6) is 5.75 Å². The van der Waals surface area contributed by atoms with Crippen molar-refractivity contribution >= 4 is 17.2 Å². The van der Waals surface area contributed by atoms with Gasteiger partial charge in [-0.15, -0.1) is 11.3 Å². The number of nitrogens with zero attached hydrogens (tertiary/aromatic N) is 1. The molecule has 1 atom stereocenters. The normalized spacial score (nSPS) is 15.9. The highest BCUT2D eigenvalue weighted by atomic mass is 32.1. The topological polar surface area (TPSA) is 41.6 Å². The molecule has 1 amide bonds. The van der Waals surface area contributed by atoms with Gasteiger partial charge < -0.3 is 10.1 Å². The molecule has 134 valence electrons. The van der Waals surface area contributed by atoms with Crippen molar-refractivity contribution in [1.82, 2.24) is 10.2 Å². The van der Waals surface area contributed by atoms with Crippen LogP contribution in [-0.2, 0) is 11.2 Å². The number of hydrogen-bond acceptors (Lipinski definition) is 4. The first-order chi connectivity index (χ1) is 12.3. The standard InChI is InChI=1S/C20H26N2O2S/c1-24-17-7-4-6-16(14-17)19(22-11-2-3-12-22)15-21-20(23)10-9-18-8-5-13-25-18/h4-8,13-14,19H,2-3,9-12,15H2,1H3,(H,21,23). The van der Waals surface area contributed by atoms with Crippen LogP contribution < -0.4 is 10.1 Å². The van der Waals surface area contributed by atoms with Crippen molar-refractivity contribution in [3.05, 3.63) is 52.2 Å². The second-order valence-electron chi connectivity index (χ2n) is 6.42. The van der Waals surface area contributed by atoms with Gasteiger partial charge in [-0.25, -0.2) is 0 Å². The summed E-state index contributed by atoms with van der Waals surface area (Å²) >= 11 is 1.71. The van der Waals surface area contributed by atoms with E-state index < -0.39 is 0 Å². The minimum absolute atomic E-state index is 0.125. The predicted octanol–water partition coefficient (Wildman–Crippen LogP) is 3.64. The molecule has 0 radical (unpaired) electrons. The number of nitrogens with one attached hydrogen (secondary N) is 1. The average Bonchev–Trinajstić information content (AvgIpc) is 3.34. The van der Waals surface area contributed by atoms with E-state index in [1.54, 1.807) is 18.4 Å². The van der Waals surface area contributed by atoms with Crippen molar-refractivity contribution < 1.29 is 9.53 Å². The highest BCUT2D eigenvalue weighted by Gasteiger charge is 2.24. The monoisotopic (exact) mass is 358 g/mol. The molecule has 4 nitrogen and oxygen atoms in total. The molecule has 3 rings (SSSR count). The third-order valence-electron chi connectivity index (χ3n) is 4.73. The van der Waals surface area contributed by atoms with E-state index in [1.165, 1.54) is 23.3 Å². The lowest BCUT2D eigenvalue weighted by molar-refractivity contribution is -0.121. The Hall–Kier alpha value is -1.85. The Morgan fingerprint density at radius 3 is 2.84 bits per heavy atom. The van der Waals surface area contributed by atoms with E-state index >= 15 is 0 Å². The lowest BCUT2D eigenvalue weighted by atomic mass is 10.0. The number of thiophene rings is 1. The van der Waals surface area contributed by atoms with Crippen LogP contribution in [0.25, 0.3) is 0 Å². The van der Waals surface area contributed by atoms with E-state index in [2.05, 4.69) is 33.8 Å². The van der Waals surface area contributed by atoms with Crippen LogP contribution in [-0.4, -0.2) is 37.6 Å². The van der Waals surface area contributed by atoms with Gasteiger partial charge in [0.2, 0.25) is 5.91 Å². The molecule has 0 spiro atoms. The van der Waals surface area contributed by atoms with Gasteiger partial charge in [0.1, 0.15) is 5.75 Å². The molecule has 2 heterocycles. The molecule has 0 saturated carbocycles. The van der Waals surface area contributed by atoms with Crippen molar-refractivity contribution in [2.24, 2.45) is 0 Å². The molecule has 1 aliphatic rings. The Bertz CT molecular complexity index is 666. The van der Waals surface area contributed by atoms with Crippen molar-refractivity contribution in [1.29, 1.82) is 0 Å². The van der Waals surface area contributed by atoms with Crippen molar-refractivity contribution in [3.63, 3.8) is 0 Å². The van der Waals surface area contributed by atoms with Gasteiger partial charge in [0, 0.05) is 17.8 Å². The fraction of sp³-hybridized carbons (Fsp3) is 0.450. The van der Waals surface area contributed by atoms with Crippen LogP contribution >= 0.6 is 11.3 Å². The van der Waals surface area contributed by atoms with Crippen LogP contribution in [0.1, 0.15) is 35.7 Å². The number of ether oxygens (including phenoxy) is 1. The van der Waals surface area contributed by atoms with Gasteiger partial charge in [0.05, 0.1) is 13.2 Å². The molecule has 25 heavy (non-hydrogen) atoms. The first-order valence-corrected chi connectivity index (χ1v) is 9.81. The van der Waals surface area contributed by atoms with E-state index in [0.29, 0.717) is 13.0 Å². The maximum Gasteiger partial charge on any atom is 0.220 e. The number of benzene rings is 1. The summed E-state index contributed by atoms with van der Waals surface area (Å²) in [4.78, 5) is 16.0.